The van der Waals surface area contributed by atoms with Crippen LogP contribution >= 0.6 is 23.2 Å². The number of nitrogens with one attached hydrogen (secondary N) is 1. The average Bonchev–Trinajstić information content (AvgIpc) is 2.48. The Kier molecular flexibility index (Phi) is 5.42. The van der Waals surface area contributed by atoms with Crippen molar-refractivity contribution in [3.05, 3.63) is 57.7 Å². The molecule has 1 aromatic carbocycles. The number of benzene rings is 1. The molecule has 0 aliphatic carbocycles. The zero-order valence-electron chi connectivity index (χ0n) is 12.0. The fourth-order valence-electron chi connectivity index (χ4n) is 2.07. The Morgan fingerprint density at radius 2 is 2.05 bits per heavy atom. The molecule has 0 fully saturated rings. The molecule has 2 aromatic rings. The summed E-state index contributed by atoms with van der Waals surface area (Å²) < 4.78 is 0. The quantitative estimate of drug-likeness (QED) is 0.647. The average molecular weight is 325 g/mol. The first-order chi connectivity index (χ1) is 10.0. The normalized spacial score (nSPS) is 12.5. The van der Waals surface area contributed by atoms with E-state index in [0.717, 1.165) is 16.3 Å². The number of hydrogen-bond acceptors (Lipinski definition) is 4. The van der Waals surface area contributed by atoms with E-state index >= 15 is 0 Å². The second-order valence-electron chi connectivity index (χ2n) is 4.92. The highest BCUT2D eigenvalue weighted by molar-refractivity contribution is 6.31. The summed E-state index contributed by atoms with van der Waals surface area (Å²) >= 11 is 12.2. The second-order valence-corrected chi connectivity index (χ2v) is 5.76. The van der Waals surface area contributed by atoms with Crippen molar-refractivity contribution in [2.75, 3.05) is 12.5 Å². The molecule has 0 radical (unpaired) electrons. The van der Waals surface area contributed by atoms with Crippen molar-refractivity contribution in [2.45, 2.75) is 19.5 Å². The van der Waals surface area contributed by atoms with Crippen molar-refractivity contribution < 1.29 is 0 Å². The molecule has 4 nitrogen and oxygen atoms in total. The molecule has 3 N–H and O–H groups in total. The Morgan fingerprint density at radius 1 is 1.29 bits per heavy atom. The number of nitrogen functional groups attached to an aromatic ring is 1. The van der Waals surface area contributed by atoms with Crippen LogP contribution in [0.2, 0.25) is 10.0 Å². The summed E-state index contributed by atoms with van der Waals surface area (Å²) in [5.74, 6) is 5.98. The Balaban J connectivity index is 2.15. The van der Waals surface area contributed by atoms with Crippen LogP contribution in [0.1, 0.15) is 24.2 Å². The van der Waals surface area contributed by atoms with E-state index in [-0.39, 0.29) is 6.04 Å². The standard InChI is InChI=1S/C15H18Cl2N4/c1-10(11-4-3-5-12(16)8-11)21(2)9-14-13(17)6-7-15(19-14)20-18/h3-8,10H,9,18H2,1-2H3,(H,19,20). The topological polar surface area (TPSA) is 54.2 Å². The SMILES string of the molecule is CC(c1cccc(Cl)c1)N(C)Cc1nc(NN)ccc1Cl. The Bertz CT molecular complexity index is 618. The summed E-state index contributed by atoms with van der Waals surface area (Å²) in [5.41, 5.74) is 4.46. The van der Waals surface area contributed by atoms with Crippen LogP contribution in [0.4, 0.5) is 5.82 Å². The van der Waals surface area contributed by atoms with Gasteiger partial charge in [-0.1, -0.05) is 35.3 Å². The Hall–Kier alpha value is -1.33. The highest BCUT2D eigenvalue weighted by Crippen LogP contribution is 2.25. The summed E-state index contributed by atoms with van der Waals surface area (Å²) in [4.78, 5) is 6.54. The minimum atomic E-state index is 0.191. The van der Waals surface area contributed by atoms with Crippen molar-refractivity contribution in [3.63, 3.8) is 0 Å². The molecular weight excluding hydrogens is 307 g/mol. The van der Waals surface area contributed by atoms with Gasteiger partial charge in [-0.25, -0.2) is 10.8 Å². The first kappa shape index (κ1) is 16.0. The Labute approximate surface area is 134 Å². The lowest BCUT2D eigenvalue weighted by atomic mass is 10.1. The van der Waals surface area contributed by atoms with Gasteiger partial charge in [-0.05, 0) is 43.8 Å². The molecular formula is C15H18Cl2N4. The van der Waals surface area contributed by atoms with Crippen LogP contribution in [0.25, 0.3) is 0 Å². The van der Waals surface area contributed by atoms with Crippen LogP contribution in [0.3, 0.4) is 0 Å². The number of hydrazine groups is 1. The minimum absolute atomic E-state index is 0.191. The molecule has 6 heteroatoms. The summed E-state index contributed by atoms with van der Waals surface area (Å²) in [6.07, 6.45) is 0. The van der Waals surface area contributed by atoms with E-state index < -0.39 is 0 Å². The molecule has 0 aliphatic rings. The highest BCUT2D eigenvalue weighted by Gasteiger charge is 2.15. The lowest BCUT2D eigenvalue weighted by Crippen LogP contribution is -2.23. The van der Waals surface area contributed by atoms with E-state index in [1.165, 1.54) is 0 Å². The monoisotopic (exact) mass is 324 g/mol. The predicted octanol–water partition coefficient (Wildman–Crippen LogP) is 3.87. The fraction of sp³-hybridized carbons (Fsp3) is 0.267. The van der Waals surface area contributed by atoms with E-state index in [0.29, 0.717) is 17.4 Å². The van der Waals surface area contributed by atoms with Crippen molar-refractivity contribution in [1.82, 2.24) is 9.88 Å². The third-order valence-electron chi connectivity index (χ3n) is 3.46. The molecule has 1 unspecified atom stereocenters. The zero-order chi connectivity index (χ0) is 15.4. The van der Waals surface area contributed by atoms with Crippen LogP contribution in [0, 0.1) is 0 Å². The number of pyridine rings is 1. The van der Waals surface area contributed by atoms with Gasteiger partial charge in [-0.2, -0.15) is 0 Å². The number of hydrogen-bond donors (Lipinski definition) is 2. The minimum Gasteiger partial charge on any atom is -0.308 e. The molecule has 0 bridgehead atoms. The molecule has 1 heterocycles. The van der Waals surface area contributed by atoms with Gasteiger partial charge in [0.1, 0.15) is 5.82 Å². The molecule has 0 saturated carbocycles. The van der Waals surface area contributed by atoms with E-state index in [9.17, 15) is 0 Å². The van der Waals surface area contributed by atoms with Gasteiger partial charge in [-0.15, -0.1) is 0 Å². The first-order valence-electron chi connectivity index (χ1n) is 6.59. The van der Waals surface area contributed by atoms with Crippen LogP contribution in [0.5, 0.6) is 0 Å². The van der Waals surface area contributed by atoms with Gasteiger partial charge in [0.2, 0.25) is 0 Å². The van der Waals surface area contributed by atoms with E-state index in [4.69, 9.17) is 29.0 Å². The van der Waals surface area contributed by atoms with Crippen molar-refractivity contribution in [3.8, 4) is 0 Å². The predicted molar refractivity (Wildman–Crippen MR) is 88.4 cm³/mol. The second kappa shape index (κ2) is 7.09. The molecule has 1 aromatic heterocycles. The number of anilines is 1. The van der Waals surface area contributed by atoms with Gasteiger partial charge >= 0.3 is 0 Å². The molecule has 0 spiro atoms. The zero-order valence-corrected chi connectivity index (χ0v) is 13.5. The maximum Gasteiger partial charge on any atom is 0.140 e. The van der Waals surface area contributed by atoms with Gasteiger partial charge in [0.05, 0.1) is 10.7 Å². The number of rotatable bonds is 5. The third-order valence-corrected chi connectivity index (χ3v) is 4.04. The molecule has 1 atom stereocenters. The van der Waals surface area contributed by atoms with Gasteiger partial charge in [0, 0.05) is 17.6 Å². The van der Waals surface area contributed by atoms with Crippen LogP contribution in [0.15, 0.2) is 36.4 Å². The summed E-state index contributed by atoms with van der Waals surface area (Å²) in [6.45, 7) is 2.73. The van der Waals surface area contributed by atoms with Gasteiger partial charge in [-0.3, -0.25) is 4.90 Å². The van der Waals surface area contributed by atoms with E-state index in [1.807, 2.05) is 25.2 Å². The smallest absolute Gasteiger partial charge is 0.140 e. The fourth-order valence-corrected chi connectivity index (χ4v) is 2.43. The molecule has 0 saturated heterocycles. The van der Waals surface area contributed by atoms with Crippen molar-refractivity contribution >= 4 is 29.0 Å². The van der Waals surface area contributed by atoms with Crippen LogP contribution in [-0.4, -0.2) is 16.9 Å². The van der Waals surface area contributed by atoms with Gasteiger partial charge < -0.3 is 5.43 Å². The lowest BCUT2D eigenvalue weighted by molar-refractivity contribution is 0.250. The lowest BCUT2D eigenvalue weighted by Gasteiger charge is -2.25. The first-order valence-corrected chi connectivity index (χ1v) is 7.34. The maximum absolute atomic E-state index is 6.19. The Morgan fingerprint density at radius 3 is 2.71 bits per heavy atom. The van der Waals surface area contributed by atoms with Crippen LogP contribution < -0.4 is 11.3 Å². The van der Waals surface area contributed by atoms with Crippen LogP contribution in [-0.2, 0) is 6.54 Å². The summed E-state index contributed by atoms with van der Waals surface area (Å²) in [5, 5.41) is 1.36. The summed E-state index contributed by atoms with van der Waals surface area (Å²) in [6, 6.07) is 11.6. The third kappa shape index (κ3) is 4.08. The number of aromatic nitrogens is 1. The number of nitrogens with two attached hydrogens (primary N) is 1. The summed E-state index contributed by atoms with van der Waals surface area (Å²) in [7, 11) is 2.02. The molecule has 2 rings (SSSR count). The van der Waals surface area contributed by atoms with E-state index in [2.05, 4.69) is 28.3 Å². The largest absolute Gasteiger partial charge is 0.308 e. The van der Waals surface area contributed by atoms with E-state index in [1.54, 1.807) is 12.1 Å². The molecule has 0 amide bonds. The number of halogens is 2. The molecule has 21 heavy (non-hydrogen) atoms. The maximum atomic E-state index is 6.19. The van der Waals surface area contributed by atoms with Crippen molar-refractivity contribution in [1.29, 1.82) is 0 Å². The van der Waals surface area contributed by atoms with Gasteiger partial charge in [0.25, 0.3) is 0 Å². The van der Waals surface area contributed by atoms with Gasteiger partial charge in [0.15, 0.2) is 0 Å². The molecule has 0 aliphatic heterocycles. The molecule has 112 valence electrons. The highest BCUT2D eigenvalue weighted by atomic mass is 35.5. The van der Waals surface area contributed by atoms with Crippen molar-refractivity contribution in [2.24, 2.45) is 5.84 Å². The number of nitrogens with zero attached hydrogens (tertiary/aromatic N) is 2.